The summed E-state index contributed by atoms with van der Waals surface area (Å²) in [5.41, 5.74) is 0. The minimum Gasteiger partial charge on any atom is -0.469 e. The van der Waals surface area contributed by atoms with Crippen LogP contribution in [0.2, 0.25) is 0 Å². The largest absolute Gasteiger partial charge is 0.469 e. The quantitative estimate of drug-likeness (QED) is 0.251. The van der Waals surface area contributed by atoms with Gasteiger partial charge in [-0.3, -0.25) is 9.59 Å². The number of amides is 1. The molecule has 0 bridgehead atoms. The maximum Gasteiger partial charge on any atom is 0.327 e. The molecule has 1 heterocycles. The van der Waals surface area contributed by atoms with E-state index < -0.39 is 30.4 Å². The topological polar surface area (TPSA) is 66.8 Å². The minimum absolute atomic E-state index is 0.121. The molecule has 1 aliphatic heterocycles. The van der Waals surface area contributed by atoms with Crippen LogP contribution in [0.4, 0.5) is 8.78 Å². The van der Waals surface area contributed by atoms with Gasteiger partial charge in [0.1, 0.15) is 0 Å². The Morgan fingerprint density at radius 3 is 2.71 bits per heavy atom. The summed E-state index contributed by atoms with van der Waals surface area (Å²) in [6, 6.07) is -0.725. The van der Waals surface area contributed by atoms with E-state index in [4.69, 9.17) is 0 Å². The average molecular weight is 399 g/mol. The second-order valence-corrected chi connectivity index (χ2v) is 7.20. The van der Waals surface area contributed by atoms with Crippen molar-refractivity contribution in [3.05, 3.63) is 12.2 Å². The van der Waals surface area contributed by atoms with Crippen LogP contribution in [0.15, 0.2) is 12.2 Å². The zero-order valence-corrected chi connectivity index (χ0v) is 16.9. The van der Waals surface area contributed by atoms with E-state index in [2.05, 4.69) is 16.6 Å². The molecule has 1 rings (SSSR count). The molecule has 0 saturated carbocycles. The first-order valence-electron chi connectivity index (χ1n) is 9.74. The SMILES string of the molecule is CC#CCC(C)C(O)/C=C/[C@H]1CC(F)(F)C(=O)N1CCCCCCC(=O)OC. The van der Waals surface area contributed by atoms with Crippen LogP contribution in [0, 0.1) is 17.8 Å². The Labute approximate surface area is 166 Å². The third kappa shape index (κ3) is 7.59. The molecule has 1 amide bonds. The fourth-order valence-electron chi connectivity index (χ4n) is 3.08. The summed E-state index contributed by atoms with van der Waals surface area (Å²) in [4.78, 5) is 24.3. The number of aliphatic hydroxyl groups excluding tert-OH is 1. The fourth-order valence-corrected chi connectivity index (χ4v) is 3.08. The van der Waals surface area contributed by atoms with Crippen LogP contribution >= 0.6 is 0 Å². The lowest BCUT2D eigenvalue weighted by Gasteiger charge is -2.22. The molecule has 0 aromatic rings. The Bertz CT molecular complexity index is 609. The van der Waals surface area contributed by atoms with Crippen molar-refractivity contribution in [1.82, 2.24) is 4.90 Å². The van der Waals surface area contributed by atoms with Crippen LogP contribution in [0.1, 0.15) is 58.8 Å². The molecule has 3 atom stereocenters. The highest BCUT2D eigenvalue weighted by Crippen LogP contribution is 2.34. The van der Waals surface area contributed by atoms with E-state index in [1.54, 1.807) is 6.92 Å². The van der Waals surface area contributed by atoms with E-state index in [0.29, 0.717) is 25.7 Å². The van der Waals surface area contributed by atoms with Gasteiger partial charge in [0.05, 0.1) is 19.3 Å². The van der Waals surface area contributed by atoms with E-state index in [1.807, 2.05) is 6.92 Å². The van der Waals surface area contributed by atoms with Gasteiger partial charge in [-0.15, -0.1) is 11.8 Å². The highest BCUT2D eigenvalue weighted by atomic mass is 19.3. The molecular formula is C21H31F2NO4. The minimum atomic E-state index is -3.37. The Hall–Kier alpha value is -1.94. The summed E-state index contributed by atoms with van der Waals surface area (Å²) < 4.78 is 32.3. The van der Waals surface area contributed by atoms with Gasteiger partial charge < -0.3 is 14.7 Å². The van der Waals surface area contributed by atoms with Crippen molar-refractivity contribution in [2.24, 2.45) is 5.92 Å². The van der Waals surface area contributed by atoms with Gasteiger partial charge in [-0.05, 0) is 25.7 Å². The smallest absolute Gasteiger partial charge is 0.327 e. The van der Waals surface area contributed by atoms with Crippen LogP contribution in [-0.2, 0) is 14.3 Å². The summed E-state index contributed by atoms with van der Waals surface area (Å²) in [6.45, 7) is 3.78. The maximum absolute atomic E-state index is 13.9. The van der Waals surface area contributed by atoms with Crippen LogP contribution in [0.25, 0.3) is 0 Å². The summed E-state index contributed by atoms with van der Waals surface area (Å²) in [7, 11) is 1.34. The summed E-state index contributed by atoms with van der Waals surface area (Å²) in [5, 5.41) is 10.1. The lowest BCUT2D eigenvalue weighted by molar-refractivity contribution is -0.148. The van der Waals surface area contributed by atoms with Crippen molar-refractivity contribution >= 4 is 11.9 Å². The number of hydrogen-bond donors (Lipinski definition) is 1. The number of aliphatic hydroxyl groups is 1. The predicted octanol–water partition coefficient (Wildman–Crippen LogP) is 3.31. The highest BCUT2D eigenvalue weighted by molar-refractivity contribution is 5.86. The number of methoxy groups -OCH3 is 1. The van der Waals surface area contributed by atoms with Gasteiger partial charge in [0.25, 0.3) is 5.91 Å². The molecule has 0 aliphatic carbocycles. The molecule has 7 heteroatoms. The first-order chi connectivity index (χ1) is 13.2. The summed E-state index contributed by atoms with van der Waals surface area (Å²) >= 11 is 0. The average Bonchev–Trinajstić information content (AvgIpc) is 2.89. The molecule has 28 heavy (non-hydrogen) atoms. The molecule has 1 aliphatic rings. The Morgan fingerprint density at radius 1 is 1.39 bits per heavy atom. The number of esters is 1. The van der Waals surface area contributed by atoms with Crippen LogP contribution in [0.5, 0.6) is 0 Å². The van der Waals surface area contributed by atoms with E-state index in [-0.39, 0.29) is 18.4 Å². The Morgan fingerprint density at radius 2 is 2.07 bits per heavy atom. The fraction of sp³-hybridized carbons (Fsp3) is 0.714. The Kier molecular flexibility index (Phi) is 10.2. The molecular weight excluding hydrogens is 368 g/mol. The van der Waals surface area contributed by atoms with Crippen molar-refractivity contribution in [2.75, 3.05) is 13.7 Å². The number of hydrogen-bond acceptors (Lipinski definition) is 4. The summed E-state index contributed by atoms with van der Waals surface area (Å²) in [6.07, 6.45) is 5.23. The standard InChI is InChI=1S/C21H31F2NO4/c1-4-5-10-16(2)18(25)13-12-17-15-21(22,23)20(27)24(17)14-9-7-6-8-11-19(26)28-3/h12-13,16-18,25H,6-11,14-15H2,1-3H3/b13-12+/t16?,17-,18?/m0/s1. The summed E-state index contributed by atoms with van der Waals surface area (Å²) in [5.74, 6) is 0.728. The first-order valence-corrected chi connectivity index (χ1v) is 9.74. The maximum atomic E-state index is 13.9. The normalized spacial score (nSPS) is 20.7. The molecule has 158 valence electrons. The molecule has 0 spiro atoms. The number of halogens is 2. The molecule has 1 saturated heterocycles. The molecule has 5 nitrogen and oxygen atoms in total. The second kappa shape index (κ2) is 11.8. The number of ether oxygens (including phenoxy) is 1. The first kappa shape index (κ1) is 24.1. The van der Waals surface area contributed by atoms with Gasteiger partial charge in [-0.25, -0.2) is 0 Å². The molecule has 1 fully saturated rings. The number of likely N-dealkylation sites (tertiary alicyclic amines) is 1. The number of rotatable bonds is 11. The number of carbonyl (C=O) groups is 2. The van der Waals surface area contributed by atoms with Crippen LogP contribution in [-0.4, -0.2) is 53.6 Å². The van der Waals surface area contributed by atoms with Gasteiger partial charge in [-0.2, -0.15) is 8.78 Å². The highest BCUT2D eigenvalue weighted by Gasteiger charge is 2.52. The monoisotopic (exact) mass is 399 g/mol. The van der Waals surface area contributed by atoms with E-state index >= 15 is 0 Å². The molecule has 0 aromatic carbocycles. The molecule has 2 unspecified atom stereocenters. The molecule has 0 radical (unpaired) electrons. The lowest BCUT2D eigenvalue weighted by atomic mass is 10.00. The molecule has 1 N–H and O–H groups in total. The van der Waals surface area contributed by atoms with Gasteiger partial charge >= 0.3 is 11.9 Å². The van der Waals surface area contributed by atoms with Crippen molar-refractivity contribution in [3.63, 3.8) is 0 Å². The third-order valence-corrected chi connectivity index (χ3v) is 4.91. The predicted molar refractivity (Wildman–Crippen MR) is 103 cm³/mol. The zero-order valence-electron chi connectivity index (χ0n) is 16.9. The zero-order chi connectivity index (χ0) is 21.2. The van der Waals surface area contributed by atoms with Crippen molar-refractivity contribution in [2.45, 2.75) is 76.9 Å². The van der Waals surface area contributed by atoms with E-state index in [0.717, 1.165) is 12.8 Å². The number of nitrogens with zero attached hydrogens (tertiary/aromatic N) is 1. The van der Waals surface area contributed by atoms with Gasteiger partial charge in [0.2, 0.25) is 0 Å². The van der Waals surface area contributed by atoms with Gasteiger partial charge in [-0.1, -0.05) is 31.9 Å². The Balaban J connectivity index is 2.55. The third-order valence-electron chi connectivity index (χ3n) is 4.91. The number of alkyl halides is 2. The van der Waals surface area contributed by atoms with Crippen LogP contribution in [0.3, 0.4) is 0 Å². The van der Waals surface area contributed by atoms with Crippen molar-refractivity contribution in [3.8, 4) is 11.8 Å². The number of carbonyl (C=O) groups excluding carboxylic acids is 2. The lowest BCUT2D eigenvalue weighted by Crippen LogP contribution is -2.36. The van der Waals surface area contributed by atoms with E-state index in [1.165, 1.54) is 24.2 Å². The van der Waals surface area contributed by atoms with Gasteiger partial charge in [0.15, 0.2) is 0 Å². The van der Waals surface area contributed by atoms with Crippen molar-refractivity contribution < 1.29 is 28.2 Å². The molecule has 0 aromatic heterocycles. The van der Waals surface area contributed by atoms with Crippen LogP contribution < -0.4 is 0 Å². The second-order valence-electron chi connectivity index (χ2n) is 7.20. The van der Waals surface area contributed by atoms with Gasteiger partial charge in [0, 0.05) is 25.8 Å². The van der Waals surface area contributed by atoms with Crippen molar-refractivity contribution in [1.29, 1.82) is 0 Å². The number of unbranched alkanes of at least 4 members (excludes halogenated alkanes) is 3. The van der Waals surface area contributed by atoms with E-state index in [9.17, 15) is 23.5 Å².